The first-order valence-corrected chi connectivity index (χ1v) is 5.65. The zero-order valence-corrected chi connectivity index (χ0v) is 10.4. The van der Waals surface area contributed by atoms with Crippen molar-refractivity contribution in [1.29, 1.82) is 0 Å². The minimum atomic E-state index is -0.568. The molecule has 1 amide bonds. The topological polar surface area (TPSA) is 77.5 Å². The number of carbonyl (C=O) groups excluding carboxylic acids is 1. The maximum atomic E-state index is 13.2. The van der Waals surface area contributed by atoms with Gasteiger partial charge in [0.25, 0.3) is 0 Å². The van der Waals surface area contributed by atoms with Crippen LogP contribution in [0, 0.1) is 5.82 Å². The summed E-state index contributed by atoms with van der Waals surface area (Å²) >= 11 is 5.55. The normalized spacial score (nSPS) is 10.3. The summed E-state index contributed by atoms with van der Waals surface area (Å²) in [4.78, 5) is 11.1. The molecule has 5 nitrogen and oxygen atoms in total. The summed E-state index contributed by atoms with van der Waals surface area (Å²) in [5, 5.41) is 0.0206. The summed E-state index contributed by atoms with van der Waals surface area (Å²) < 4.78 is 23.6. The molecule has 0 radical (unpaired) electrons. The monoisotopic (exact) mass is 284 g/mol. The summed E-state index contributed by atoms with van der Waals surface area (Å²) in [6, 6.07) is 7.11. The van der Waals surface area contributed by atoms with Crippen LogP contribution in [-0.4, -0.2) is 5.91 Å². The van der Waals surface area contributed by atoms with Crippen LogP contribution < -0.4 is 16.0 Å². The van der Waals surface area contributed by atoms with E-state index >= 15 is 0 Å². The summed E-state index contributed by atoms with van der Waals surface area (Å²) in [5.41, 5.74) is 1.94. The molecule has 3 N–H and O–H groups in total. The van der Waals surface area contributed by atoms with Gasteiger partial charge in [0, 0.05) is 6.07 Å². The number of hydrogen-bond acceptors (Lipinski definition) is 4. The Bertz CT molecular complexity index is 600. The molecule has 100 valence electrons. The molecule has 19 heavy (non-hydrogen) atoms. The Kier molecular flexibility index (Phi) is 4.03. The van der Waals surface area contributed by atoms with Gasteiger partial charge in [-0.1, -0.05) is 11.6 Å². The number of hydrazine groups is 1. The largest absolute Gasteiger partial charge is 0.486 e. The van der Waals surface area contributed by atoms with E-state index in [2.05, 4.69) is 0 Å². The molecule has 2 rings (SSSR count). The van der Waals surface area contributed by atoms with E-state index in [1.807, 2.05) is 5.43 Å². The van der Waals surface area contributed by atoms with Crippen LogP contribution in [0.1, 0.15) is 16.3 Å². The molecule has 0 aliphatic rings. The van der Waals surface area contributed by atoms with Crippen molar-refractivity contribution in [2.45, 2.75) is 6.61 Å². The van der Waals surface area contributed by atoms with Crippen molar-refractivity contribution in [3.8, 4) is 5.75 Å². The van der Waals surface area contributed by atoms with E-state index in [9.17, 15) is 9.18 Å². The van der Waals surface area contributed by atoms with Gasteiger partial charge in [-0.15, -0.1) is 0 Å². The van der Waals surface area contributed by atoms with Crippen LogP contribution in [0.4, 0.5) is 4.39 Å². The standard InChI is InChI=1S/C12H10ClFN2O3/c13-9-3-1-7(5-10(9)14)18-6-8-2-4-11(19-8)12(17)16-15/h1-5H,6,15H2,(H,16,17). The highest BCUT2D eigenvalue weighted by Gasteiger charge is 2.10. The Labute approximate surface area is 113 Å². The fourth-order valence-electron chi connectivity index (χ4n) is 1.37. The first-order valence-electron chi connectivity index (χ1n) is 5.27. The van der Waals surface area contributed by atoms with Gasteiger partial charge in [-0.05, 0) is 24.3 Å². The number of nitrogens with one attached hydrogen (secondary N) is 1. The molecule has 0 saturated heterocycles. The van der Waals surface area contributed by atoms with Crippen molar-refractivity contribution in [2.75, 3.05) is 0 Å². The average molecular weight is 285 g/mol. The zero-order chi connectivity index (χ0) is 13.8. The van der Waals surface area contributed by atoms with E-state index in [1.54, 1.807) is 6.07 Å². The van der Waals surface area contributed by atoms with Gasteiger partial charge in [0.1, 0.15) is 23.9 Å². The van der Waals surface area contributed by atoms with Gasteiger partial charge >= 0.3 is 5.91 Å². The summed E-state index contributed by atoms with van der Waals surface area (Å²) in [6.07, 6.45) is 0. The van der Waals surface area contributed by atoms with Gasteiger partial charge in [0.15, 0.2) is 5.76 Å². The number of rotatable bonds is 4. The molecule has 0 fully saturated rings. The number of hydrogen-bond donors (Lipinski definition) is 2. The van der Waals surface area contributed by atoms with Crippen LogP contribution >= 0.6 is 11.6 Å². The third-order valence-electron chi connectivity index (χ3n) is 2.29. The highest BCUT2D eigenvalue weighted by atomic mass is 35.5. The molecule has 0 atom stereocenters. The minimum Gasteiger partial charge on any atom is -0.486 e. The van der Waals surface area contributed by atoms with Crippen LogP contribution in [0.2, 0.25) is 5.02 Å². The minimum absolute atomic E-state index is 0.0206. The third kappa shape index (κ3) is 3.24. The summed E-state index contributed by atoms with van der Waals surface area (Å²) in [6.45, 7) is 0.0545. The van der Waals surface area contributed by atoms with Crippen molar-refractivity contribution < 1.29 is 18.3 Å². The number of ether oxygens (including phenoxy) is 1. The SMILES string of the molecule is NNC(=O)c1ccc(COc2ccc(Cl)c(F)c2)o1. The molecule has 0 aliphatic heterocycles. The summed E-state index contributed by atoms with van der Waals surface area (Å²) in [5.74, 6) is 4.65. The Balaban J connectivity index is 2.00. The Morgan fingerprint density at radius 3 is 2.89 bits per heavy atom. The van der Waals surface area contributed by atoms with E-state index in [0.717, 1.165) is 0 Å². The first-order chi connectivity index (χ1) is 9.10. The molecule has 0 saturated carbocycles. The van der Waals surface area contributed by atoms with Crippen molar-refractivity contribution in [1.82, 2.24) is 5.43 Å². The fraction of sp³-hybridized carbons (Fsp3) is 0.0833. The number of nitrogen functional groups attached to an aromatic ring is 1. The second-order valence-electron chi connectivity index (χ2n) is 3.60. The average Bonchev–Trinajstić information content (AvgIpc) is 2.88. The third-order valence-corrected chi connectivity index (χ3v) is 2.60. The second kappa shape index (κ2) is 5.73. The number of amides is 1. The lowest BCUT2D eigenvalue weighted by Gasteiger charge is -2.04. The lowest BCUT2D eigenvalue weighted by Crippen LogP contribution is -2.29. The molecule has 0 bridgehead atoms. The lowest BCUT2D eigenvalue weighted by atomic mass is 10.3. The van der Waals surface area contributed by atoms with Crippen molar-refractivity contribution in [3.63, 3.8) is 0 Å². The predicted octanol–water partition coefficient (Wildman–Crippen LogP) is 2.25. The van der Waals surface area contributed by atoms with Crippen molar-refractivity contribution in [2.24, 2.45) is 5.84 Å². The maximum absolute atomic E-state index is 13.2. The fourth-order valence-corrected chi connectivity index (χ4v) is 1.49. The molecular formula is C12H10ClFN2O3. The Morgan fingerprint density at radius 1 is 1.42 bits per heavy atom. The highest BCUT2D eigenvalue weighted by Crippen LogP contribution is 2.21. The van der Waals surface area contributed by atoms with Gasteiger partial charge < -0.3 is 9.15 Å². The van der Waals surface area contributed by atoms with Gasteiger partial charge in [0.2, 0.25) is 0 Å². The van der Waals surface area contributed by atoms with E-state index in [0.29, 0.717) is 11.5 Å². The molecule has 7 heteroatoms. The van der Waals surface area contributed by atoms with E-state index in [-0.39, 0.29) is 17.4 Å². The van der Waals surface area contributed by atoms with Crippen LogP contribution in [0.3, 0.4) is 0 Å². The Morgan fingerprint density at radius 2 is 2.21 bits per heavy atom. The van der Waals surface area contributed by atoms with Crippen LogP contribution in [0.15, 0.2) is 34.7 Å². The molecule has 1 heterocycles. The van der Waals surface area contributed by atoms with Gasteiger partial charge in [0.05, 0.1) is 5.02 Å². The quantitative estimate of drug-likeness (QED) is 0.513. The summed E-state index contributed by atoms with van der Waals surface area (Å²) in [7, 11) is 0. The number of carbonyl (C=O) groups is 1. The number of nitrogens with two attached hydrogens (primary N) is 1. The zero-order valence-electron chi connectivity index (χ0n) is 9.65. The maximum Gasteiger partial charge on any atom is 0.300 e. The van der Waals surface area contributed by atoms with Crippen molar-refractivity contribution in [3.05, 3.63) is 52.7 Å². The second-order valence-corrected chi connectivity index (χ2v) is 4.01. The number of halogens is 2. The predicted molar refractivity (Wildman–Crippen MR) is 66.1 cm³/mol. The van der Waals surface area contributed by atoms with Crippen LogP contribution in [0.5, 0.6) is 5.75 Å². The highest BCUT2D eigenvalue weighted by molar-refractivity contribution is 6.30. The van der Waals surface area contributed by atoms with Crippen LogP contribution in [0.25, 0.3) is 0 Å². The molecule has 0 unspecified atom stereocenters. The van der Waals surface area contributed by atoms with Crippen LogP contribution in [-0.2, 0) is 6.61 Å². The molecule has 1 aromatic carbocycles. The van der Waals surface area contributed by atoms with Gasteiger partial charge in [-0.2, -0.15) is 0 Å². The number of benzene rings is 1. The van der Waals surface area contributed by atoms with Gasteiger partial charge in [-0.3, -0.25) is 10.2 Å². The van der Waals surface area contributed by atoms with Gasteiger partial charge in [-0.25, -0.2) is 10.2 Å². The lowest BCUT2D eigenvalue weighted by molar-refractivity contribution is 0.0922. The molecule has 1 aromatic heterocycles. The molecular weight excluding hydrogens is 275 g/mol. The molecule has 0 aliphatic carbocycles. The van der Waals surface area contributed by atoms with E-state index in [4.69, 9.17) is 26.6 Å². The molecule has 0 spiro atoms. The number of furan rings is 1. The van der Waals surface area contributed by atoms with E-state index in [1.165, 1.54) is 24.3 Å². The first kappa shape index (κ1) is 13.4. The van der Waals surface area contributed by atoms with Crippen molar-refractivity contribution >= 4 is 17.5 Å². The smallest absolute Gasteiger partial charge is 0.300 e. The Hall–Kier alpha value is -2.05. The van der Waals surface area contributed by atoms with E-state index < -0.39 is 11.7 Å². The molecule has 2 aromatic rings.